The minimum Gasteiger partial charge on any atom is -0.286 e. The summed E-state index contributed by atoms with van der Waals surface area (Å²) in [6, 6.07) is 18.7. The maximum atomic E-state index is 12.5. The first-order valence-corrected chi connectivity index (χ1v) is 8.01. The third kappa shape index (κ3) is 2.78. The van der Waals surface area contributed by atoms with Crippen molar-refractivity contribution < 1.29 is 4.79 Å². The van der Waals surface area contributed by atoms with Gasteiger partial charge in [0, 0.05) is 5.69 Å². The molecule has 0 fully saturated rings. The van der Waals surface area contributed by atoms with Crippen LogP contribution in [0.5, 0.6) is 0 Å². The lowest BCUT2D eigenvalue weighted by atomic mass is 10.2. The highest BCUT2D eigenvalue weighted by molar-refractivity contribution is 5.95. The molecule has 1 aliphatic heterocycles. The number of anilines is 1. The van der Waals surface area contributed by atoms with Crippen molar-refractivity contribution in [2.24, 2.45) is 0 Å². The van der Waals surface area contributed by atoms with Gasteiger partial charge in [0.05, 0.1) is 13.1 Å². The Morgan fingerprint density at radius 3 is 2.32 bits per heavy atom. The second kappa shape index (κ2) is 6.24. The van der Waals surface area contributed by atoms with Gasteiger partial charge in [-0.3, -0.25) is 4.90 Å². The number of carbonyl (C=O) groups excluding carboxylic acids is 1. The lowest BCUT2D eigenvalue weighted by Gasteiger charge is -2.14. The van der Waals surface area contributed by atoms with Gasteiger partial charge in [-0.05, 0) is 17.7 Å². The number of hydrogen-bond acceptors (Lipinski definition) is 3. The summed E-state index contributed by atoms with van der Waals surface area (Å²) >= 11 is 0. The first-order valence-electron chi connectivity index (χ1n) is 8.01. The zero-order valence-electron chi connectivity index (χ0n) is 13.4. The Hall–Kier alpha value is -3.41. The molecule has 1 amide bonds. The van der Waals surface area contributed by atoms with Gasteiger partial charge in [-0.2, -0.15) is 9.67 Å². The number of fused-ring (bicyclic) bond motifs is 1. The molecule has 0 unspecified atom stereocenters. The number of nitrogens with zero attached hydrogens (tertiary/aromatic N) is 4. The Morgan fingerprint density at radius 2 is 1.64 bits per heavy atom. The van der Waals surface area contributed by atoms with E-state index in [9.17, 15) is 9.59 Å². The maximum absolute atomic E-state index is 12.5. The second-order valence-corrected chi connectivity index (χ2v) is 5.73. The smallest absolute Gasteiger partial charge is 0.286 e. The summed E-state index contributed by atoms with van der Waals surface area (Å²) in [5.41, 5.74) is 1.40. The number of aromatic nitrogens is 3. The summed E-state index contributed by atoms with van der Waals surface area (Å²) in [7, 11) is 0. The van der Waals surface area contributed by atoms with E-state index in [2.05, 4.69) is 5.10 Å². The summed E-state index contributed by atoms with van der Waals surface area (Å²) in [6.07, 6.45) is 3.79. The molecular formula is C19H16N4O2. The number of rotatable bonds is 4. The Bertz CT molecular complexity index is 987. The number of amides is 1. The molecule has 0 saturated carbocycles. The van der Waals surface area contributed by atoms with Crippen LogP contribution < -0.4 is 10.6 Å². The molecule has 0 atom stereocenters. The summed E-state index contributed by atoms with van der Waals surface area (Å²) < 4.78 is 2.46. The first kappa shape index (κ1) is 15.1. The standard InChI is InChI=1S/C19H16N4O2/c24-18-21(16-11-5-2-6-12-16)14-17-20-22(19(25)23(17)18)13-7-10-15-8-3-1-4-9-15/h1-12H,13-14H2/b10-7+. The van der Waals surface area contributed by atoms with Crippen molar-refractivity contribution in [1.29, 1.82) is 0 Å². The Labute approximate surface area is 144 Å². The van der Waals surface area contributed by atoms with E-state index in [1.807, 2.05) is 72.8 Å². The minimum absolute atomic E-state index is 0.299. The molecule has 2 aromatic carbocycles. The number of para-hydroxylation sites is 1. The van der Waals surface area contributed by atoms with Crippen molar-refractivity contribution in [2.75, 3.05) is 4.90 Å². The second-order valence-electron chi connectivity index (χ2n) is 5.73. The van der Waals surface area contributed by atoms with E-state index in [-0.39, 0.29) is 6.03 Å². The molecule has 25 heavy (non-hydrogen) atoms. The normalized spacial score (nSPS) is 13.6. The van der Waals surface area contributed by atoms with Gasteiger partial charge in [0.2, 0.25) is 0 Å². The summed E-state index contributed by atoms with van der Waals surface area (Å²) in [5.74, 6) is 0.465. The van der Waals surface area contributed by atoms with Crippen molar-refractivity contribution in [1.82, 2.24) is 14.3 Å². The molecule has 0 spiro atoms. The Kier molecular flexibility index (Phi) is 3.78. The number of allylic oxidation sites excluding steroid dienone is 1. The van der Waals surface area contributed by atoms with Gasteiger partial charge in [-0.15, -0.1) is 0 Å². The lowest BCUT2D eigenvalue weighted by molar-refractivity contribution is 0.250. The quantitative estimate of drug-likeness (QED) is 0.738. The zero-order chi connectivity index (χ0) is 17.2. The number of benzene rings is 2. The van der Waals surface area contributed by atoms with Crippen LogP contribution in [0, 0.1) is 0 Å². The molecule has 1 aliphatic rings. The highest BCUT2D eigenvalue weighted by atomic mass is 16.2. The zero-order valence-corrected chi connectivity index (χ0v) is 13.4. The molecular weight excluding hydrogens is 316 g/mol. The average Bonchev–Trinajstić information content (AvgIpc) is 3.14. The van der Waals surface area contributed by atoms with Crippen molar-refractivity contribution >= 4 is 17.8 Å². The molecule has 2 heterocycles. The van der Waals surface area contributed by atoms with Crippen LogP contribution in [0.25, 0.3) is 6.08 Å². The van der Waals surface area contributed by atoms with Crippen LogP contribution in [0.15, 0.2) is 71.5 Å². The fourth-order valence-corrected chi connectivity index (χ4v) is 2.86. The van der Waals surface area contributed by atoms with Gasteiger partial charge < -0.3 is 0 Å². The van der Waals surface area contributed by atoms with Gasteiger partial charge in [0.25, 0.3) is 0 Å². The van der Waals surface area contributed by atoms with Gasteiger partial charge in [0.1, 0.15) is 0 Å². The molecule has 6 heteroatoms. The molecule has 0 bridgehead atoms. The SMILES string of the molecule is O=C1N(c2ccccc2)Cc2nn(C/C=C/c3ccccc3)c(=O)n21. The molecule has 0 aliphatic carbocycles. The van der Waals surface area contributed by atoms with Crippen LogP contribution in [0.3, 0.4) is 0 Å². The Balaban J connectivity index is 1.54. The third-order valence-corrected chi connectivity index (χ3v) is 4.08. The van der Waals surface area contributed by atoms with Crippen LogP contribution in [0.4, 0.5) is 10.5 Å². The van der Waals surface area contributed by atoms with Gasteiger partial charge in [-0.1, -0.05) is 60.7 Å². The highest BCUT2D eigenvalue weighted by Crippen LogP contribution is 2.21. The molecule has 6 nitrogen and oxygen atoms in total. The lowest BCUT2D eigenvalue weighted by Crippen LogP contribution is -2.34. The van der Waals surface area contributed by atoms with E-state index in [0.717, 1.165) is 15.8 Å². The summed E-state index contributed by atoms with van der Waals surface area (Å²) in [5, 5.41) is 4.30. The van der Waals surface area contributed by atoms with Crippen LogP contribution in [-0.4, -0.2) is 20.4 Å². The van der Waals surface area contributed by atoms with E-state index in [1.165, 1.54) is 4.68 Å². The predicted octanol–water partition coefficient (Wildman–Crippen LogP) is 2.75. The molecule has 3 aromatic rings. The Morgan fingerprint density at radius 1 is 0.960 bits per heavy atom. The fourth-order valence-electron chi connectivity index (χ4n) is 2.86. The molecule has 1 aromatic heterocycles. The van der Waals surface area contributed by atoms with Crippen LogP contribution in [0.2, 0.25) is 0 Å². The fraction of sp³-hybridized carbons (Fsp3) is 0.105. The molecule has 4 rings (SSSR count). The largest absolute Gasteiger partial charge is 0.354 e. The maximum Gasteiger partial charge on any atom is 0.354 e. The van der Waals surface area contributed by atoms with E-state index < -0.39 is 5.69 Å². The van der Waals surface area contributed by atoms with Crippen molar-refractivity contribution in [3.05, 3.63) is 88.6 Å². The highest BCUT2D eigenvalue weighted by Gasteiger charge is 2.33. The number of hydrogen-bond donors (Lipinski definition) is 0. The minimum atomic E-state index is -0.406. The van der Waals surface area contributed by atoms with Crippen molar-refractivity contribution in [3.63, 3.8) is 0 Å². The third-order valence-electron chi connectivity index (χ3n) is 4.08. The molecule has 124 valence electrons. The topological polar surface area (TPSA) is 60.1 Å². The number of carbonyl (C=O) groups is 1. The summed E-state index contributed by atoms with van der Waals surface area (Å²) in [4.78, 5) is 26.6. The predicted molar refractivity (Wildman–Crippen MR) is 95.4 cm³/mol. The molecule has 0 radical (unpaired) electrons. The van der Waals surface area contributed by atoms with E-state index >= 15 is 0 Å². The average molecular weight is 332 g/mol. The monoisotopic (exact) mass is 332 g/mol. The van der Waals surface area contributed by atoms with Gasteiger partial charge in [0.15, 0.2) is 5.82 Å². The van der Waals surface area contributed by atoms with E-state index in [0.29, 0.717) is 18.9 Å². The van der Waals surface area contributed by atoms with Crippen molar-refractivity contribution in [3.8, 4) is 0 Å². The van der Waals surface area contributed by atoms with E-state index in [1.54, 1.807) is 4.90 Å². The van der Waals surface area contributed by atoms with Gasteiger partial charge in [-0.25, -0.2) is 14.3 Å². The van der Waals surface area contributed by atoms with Crippen LogP contribution >= 0.6 is 0 Å². The van der Waals surface area contributed by atoms with Gasteiger partial charge >= 0.3 is 11.7 Å². The van der Waals surface area contributed by atoms with Crippen LogP contribution in [-0.2, 0) is 13.1 Å². The van der Waals surface area contributed by atoms with E-state index in [4.69, 9.17) is 0 Å². The molecule has 0 saturated heterocycles. The first-order chi connectivity index (χ1) is 12.2. The summed E-state index contributed by atoms with van der Waals surface area (Å²) in [6.45, 7) is 0.625. The molecule has 0 N–H and O–H groups in total. The van der Waals surface area contributed by atoms with Crippen molar-refractivity contribution in [2.45, 2.75) is 13.1 Å². The van der Waals surface area contributed by atoms with Crippen LogP contribution in [0.1, 0.15) is 11.4 Å².